The molecule has 2 aromatic rings. The zero-order valence-electron chi connectivity index (χ0n) is 13.2. The van der Waals surface area contributed by atoms with E-state index in [1.807, 2.05) is 0 Å². The van der Waals surface area contributed by atoms with Crippen LogP contribution in [0.2, 0.25) is 5.02 Å². The van der Waals surface area contributed by atoms with Gasteiger partial charge in [-0.2, -0.15) is 8.42 Å². The molecule has 26 heavy (non-hydrogen) atoms. The first-order valence-electron chi connectivity index (χ1n) is 7.15. The highest BCUT2D eigenvalue weighted by molar-refractivity contribution is 7.91. The maximum Gasteiger partial charge on any atom is 0.296 e. The van der Waals surface area contributed by atoms with Crippen LogP contribution in [0.3, 0.4) is 0 Å². The van der Waals surface area contributed by atoms with E-state index in [9.17, 15) is 21.6 Å². The van der Waals surface area contributed by atoms with Gasteiger partial charge in [-0.05, 0) is 30.3 Å². The topological polar surface area (TPSA) is 144 Å². The lowest BCUT2D eigenvalue weighted by molar-refractivity contribution is -0.115. The summed E-state index contributed by atoms with van der Waals surface area (Å²) in [5, 5.41) is 2.48. The van der Waals surface area contributed by atoms with Crippen molar-refractivity contribution in [2.45, 2.75) is 16.2 Å². The molecule has 0 spiro atoms. The largest absolute Gasteiger partial charge is 0.398 e. The molecule has 2 rings (SSSR count). The lowest BCUT2D eigenvalue weighted by Gasteiger charge is -2.09. The van der Waals surface area contributed by atoms with Gasteiger partial charge in [0.15, 0.2) is 9.84 Å². The monoisotopic (exact) mass is 418 g/mol. The number of carbonyl (C=O) groups excluding carboxylic acids is 1. The van der Waals surface area contributed by atoms with E-state index in [2.05, 4.69) is 5.32 Å². The third kappa shape index (κ3) is 4.94. The first-order valence-corrected chi connectivity index (χ1v) is 10.6. The van der Waals surface area contributed by atoms with E-state index in [1.54, 1.807) is 6.07 Å². The van der Waals surface area contributed by atoms with Crippen LogP contribution in [0.1, 0.15) is 6.42 Å². The number of carbonyl (C=O) groups is 1. The average Bonchev–Trinajstić information content (AvgIpc) is 2.52. The molecular formula is C15H15ClN2O6S2. The molecule has 0 aromatic heterocycles. The maximum atomic E-state index is 12.2. The van der Waals surface area contributed by atoms with E-state index in [-0.39, 0.29) is 27.7 Å². The highest BCUT2D eigenvalue weighted by atomic mass is 35.5. The van der Waals surface area contributed by atoms with Crippen LogP contribution in [-0.2, 0) is 24.7 Å². The van der Waals surface area contributed by atoms with Gasteiger partial charge in [-0.1, -0.05) is 23.7 Å². The van der Waals surface area contributed by atoms with E-state index in [0.29, 0.717) is 0 Å². The summed E-state index contributed by atoms with van der Waals surface area (Å²) in [4.78, 5) is 11.4. The molecule has 0 aliphatic heterocycles. The molecule has 1 amide bonds. The van der Waals surface area contributed by atoms with Gasteiger partial charge in [0, 0.05) is 12.1 Å². The Bertz CT molecular complexity index is 1050. The van der Waals surface area contributed by atoms with Crippen molar-refractivity contribution >= 4 is 48.8 Å². The molecule has 0 radical (unpaired) electrons. The summed E-state index contributed by atoms with van der Waals surface area (Å²) in [6.07, 6.45) is -0.340. The lowest BCUT2D eigenvalue weighted by atomic mass is 10.2. The van der Waals surface area contributed by atoms with Crippen molar-refractivity contribution in [2.75, 3.05) is 16.8 Å². The standard InChI is InChI=1S/C15H15ClN2O6S2/c16-11-3-1-2-4-13(11)25(20,21)8-7-15(19)18-10-5-6-14(12(17)9-10)26(22,23)24/h1-6,9H,7-8,17H2,(H,18,19)(H,22,23,24). The minimum atomic E-state index is -4.47. The van der Waals surface area contributed by atoms with Crippen LogP contribution >= 0.6 is 11.6 Å². The van der Waals surface area contributed by atoms with Gasteiger partial charge in [-0.25, -0.2) is 8.42 Å². The van der Waals surface area contributed by atoms with Crippen LogP contribution in [-0.4, -0.2) is 33.0 Å². The van der Waals surface area contributed by atoms with Crippen molar-refractivity contribution in [1.82, 2.24) is 0 Å². The van der Waals surface area contributed by atoms with Gasteiger partial charge in [-0.15, -0.1) is 0 Å². The molecule has 8 nitrogen and oxygen atoms in total. The second kappa shape index (κ2) is 7.62. The SMILES string of the molecule is Nc1cc(NC(=O)CCS(=O)(=O)c2ccccc2Cl)ccc1S(=O)(=O)O. The van der Waals surface area contributed by atoms with Gasteiger partial charge in [0.2, 0.25) is 5.91 Å². The molecule has 0 aliphatic rings. The third-order valence-corrected chi connectivity index (χ3v) is 6.48. The number of amides is 1. The number of sulfone groups is 1. The van der Waals surface area contributed by atoms with Gasteiger partial charge in [0.25, 0.3) is 10.1 Å². The molecule has 11 heteroatoms. The van der Waals surface area contributed by atoms with E-state index in [0.717, 1.165) is 12.1 Å². The van der Waals surface area contributed by atoms with Crippen molar-refractivity contribution < 1.29 is 26.2 Å². The average molecular weight is 419 g/mol. The number of benzene rings is 2. The number of nitrogen functional groups attached to an aromatic ring is 1. The lowest BCUT2D eigenvalue weighted by Crippen LogP contribution is -2.18. The highest BCUT2D eigenvalue weighted by Gasteiger charge is 2.20. The van der Waals surface area contributed by atoms with Gasteiger partial charge in [-0.3, -0.25) is 9.35 Å². The van der Waals surface area contributed by atoms with Crippen LogP contribution in [0.5, 0.6) is 0 Å². The molecule has 4 N–H and O–H groups in total. The van der Waals surface area contributed by atoms with Gasteiger partial charge >= 0.3 is 0 Å². The summed E-state index contributed by atoms with van der Waals surface area (Å²) < 4.78 is 55.6. The molecule has 0 fully saturated rings. The van der Waals surface area contributed by atoms with Crippen molar-refractivity contribution in [3.8, 4) is 0 Å². The molecule has 0 aliphatic carbocycles. The molecular weight excluding hydrogens is 404 g/mol. The second-order valence-corrected chi connectivity index (χ2v) is 9.15. The first-order chi connectivity index (χ1) is 12.0. The van der Waals surface area contributed by atoms with Gasteiger partial charge < -0.3 is 11.1 Å². The number of halogens is 1. The van der Waals surface area contributed by atoms with Crippen LogP contribution in [0, 0.1) is 0 Å². The zero-order chi connectivity index (χ0) is 19.5. The first kappa shape index (κ1) is 20.2. The summed E-state index contributed by atoms with van der Waals surface area (Å²) in [5.74, 6) is -1.07. The van der Waals surface area contributed by atoms with E-state index in [1.165, 1.54) is 24.3 Å². The van der Waals surface area contributed by atoms with Crippen LogP contribution < -0.4 is 11.1 Å². The van der Waals surface area contributed by atoms with Crippen LogP contribution in [0.4, 0.5) is 11.4 Å². The summed E-state index contributed by atoms with van der Waals surface area (Å²) in [7, 11) is -8.21. The van der Waals surface area contributed by atoms with Crippen molar-refractivity contribution in [3.05, 3.63) is 47.5 Å². The normalized spacial score (nSPS) is 11.9. The Morgan fingerprint density at radius 3 is 2.31 bits per heavy atom. The summed E-state index contributed by atoms with van der Waals surface area (Å²) in [6, 6.07) is 9.30. The van der Waals surface area contributed by atoms with E-state index in [4.69, 9.17) is 21.9 Å². The number of hydrogen-bond donors (Lipinski definition) is 3. The summed E-state index contributed by atoms with van der Waals surface area (Å²) in [5.41, 5.74) is 5.42. The fourth-order valence-electron chi connectivity index (χ4n) is 2.12. The van der Waals surface area contributed by atoms with Gasteiger partial charge in [0.05, 0.1) is 21.4 Å². The Morgan fingerprint density at radius 2 is 1.73 bits per heavy atom. The number of anilines is 2. The second-order valence-electron chi connectivity index (χ2n) is 5.28. The molecule has 0 heterocycles. The number of hydrogen-bond acceptors (Lipinski definition) is 6. The predicted octanol–water partition coefficient (Wildman–Crippen LogP) is 1.97. The molecule has 0 saturated carbocycles. The smallest absolute Gasteiger partial charge is 0.296 e. The Labute approximate surface area is 155 Å². The Balaban J connectivity index is 2.06. The molecule has 0 saturated heterocycles. The summed E-state index contributed by atoms with van der Waals surface area (Å²) >= 11 is 5.86. The van der Waals surface area contributed by atoms with Crippen LogP contribution in [0.25, 0.3) is 0 Å². The fraction of sp³-hybridized carbons (Fsp3) is 0.133. The van der Waals surface area contributed by atoms with Crippen molar-refractivity contribution in [2.24, 2.45) is 0 Å². The number of nitrogens with two attached hydrogens (primary N) is 1. The zero-order valence-corrected chi connectivity index (χ0v) is 15.6. The molecule has 140 valence electrons. The highest BCUT2D eigenvalue weighted by Crippen LogP contribution is 2.24. The molecule has 0 unspecified atom stereocenters. The fourth-order valence-corrected chi connectivity index (χ4v) is 4.53. The van der Waals surface area contributed by atoms with E-state index < -0.39 is 36.5 Å². The predicted molar refractivity (Wildman–Crippen MR) is 97.4 cm³/mol. The Morgan fingerprint density at radius 1 is 1.08 bits per heavy atom. The minimum Gasteiger partial charge on any atom is -0.398 e. The van der Waals surface area contributed by atoms with Crippen LogP contribution in [0.15, 0.2) is 52.3 Å². The number of nitrogens with one attached hydrogen (secondary N) is 1. The Hall–Kier alpha value is -2.14. The third-order valence-electron chi connectivity index (χ3n) is 3.34. The number of rotatable bonds is 6. The molecule has 2 aromatic carbocycles. The maximum absolute atomic E-state index is 12.2. The van der Waals surface area contributed by atoms with Crippen molar-refractivity contribution in [1.29, 1.82) is 0 Å². The Kier molecular flexibility index (Phi) is 5.91. The quantitative estimate of drug-likeness (QED) is 0.480. The summed E-state index contributed by atoms with van der Waals surface area (Å²) in [6.45, 7) is 0. The molecule has 0 bridgehead atoms. The van der Waals surface area contributed by atoms with Crippen molar-refractivity contribution in [3.63, 3.8) is 0 Å². The van der Waals surface area contributed by atoms with Gasteiger partial charge in [0.1, 0.15) is 4.90 Å². The molecule has 0 atom stereocenters. The van der Waals surface area contributed by atoms with E-state index >= 15 is 0 Å². The minimum absolute atomic E-state index is 0.0591.